The number of hydrogen-bond donors (Lipinski definition) is 1. The Morgan fingerprint density at radius 1 is 1.17 bits per heavy atom. The quantitative estimate of drug-likeness (QED) is 0.881. The van der Waals surface area contributed by atoms with Gasteiger partial charge in [0.25, 0.3) is 0 Å². The minimum Gasteiger partial charge on any atom is -0.478 e. The molecule has 0 bridgehead atoms. The molecule has 0 amide bonds. The van der Waals surface area contributed by atoms with E-state index in [2.05, 4.69) is 36.8 Å². The van der Waals surface area contributed by atoms with Crippen LogP contribution in [0.2, 0.25) is 0 Å². The van der Waals surface area contributed by atoms with Crippen molar-refractivity contribution in [2.75, 3.05) is 0 Å². The molecule has 92 valence electrons. The summed E-state index contributed by atoms with van der Waals surface area (Å²) >= 11 is 6.53. The predicted octanol–water partition coefficient (Wildman–Crippen LogP) is 4.10. The summed E-state index contributed by atoms with van der Waals surface area (Å²) in [6, 6.07) is 8.12. The minimum atomic E-state index is -1.05. The number of ether oxygens (including phenoxy) is 1. The fraction of sp³-hybridized carbons (Fsp3) is 0. The van der Waals surface area contributed by atoms with E-state index in [4.69, 9.17) is 9.84 Å². The Hall–Kier alpha value is -1.40. The molecular formula is C12H7Br2NO3. The molecular weight excluding hydrogens is 366 g/mol. The maximum absolute atomic E-state index is 11.1. The van der Waals surface area contributed by atoms with Crippen molar-refractivity contribution in [3.63, 3.8) is 0 Å². The summed E-state index contributed by atoms with van der Waals surface area (Å²) in [6.45, 7) is 0. The first-order chi connectivity index (χ1) is 8.56. The summed E-state index contributed by atoms with van der Waals surface area (Å²) in [7, 11) is 0. The lowest BCUT2D eigenvalue weighted by atomic mass is 10.2. The second-order valence-corrected chi connectivity index (χ2v) is 5.19. The average Bonchev–Trinajstić information content (AvgIpc) is 2.32. The van der Waals surface area contributed by atoms with Gasteiger partial charge in [0.05, 0.1) is 0 Å². The number of carboxylic acids is 1. The highest BCUT2D eigenvalue weighted by Gasteiger charge is 2.12. The van der Waals surface area contributed by atoms with Crippen LogP contribution >= 0.6 is 31.9 Å². The normalized spacial score (nSPS) is 10.1. The van der Waals surface area contributed by atoms with Crippen molar-refractivity contribution >= 4 is 37.8 Å². The molecule has 0 aliphatic rings. The highest BCUT2D eigenvalue weighted by molar-refractivity contribution is 9.10. The maximum atomic E-state index is 11.1. The summed E-state index contributed by atoms with van der Waals surface area (Å²) in [5.74, 6) is -0.472. The minimum absolute atomic E-state index is 0.0860. The monoisotopic (exact) mass is 371 g/mol. The molecule has 4 nitrogen and oxygen atoms in total. The van der Waals surface area contributed by atoms with Gasteiger partial charge < -0.3 is 9.84 Å². The number of aromatic carboxylic acids is 1. The summed E-state index contributed by atoms with van der Waals surface area (Å²) < 4.78 is 7.02. The summed E-state index contributed by atoms with van der Waals surface area (Å²) in [5, 5.41) is 9.06. The van der Waals surface area contributed by atoms with Gasteiger partial charge in [-0.15, -0.1) is 0 Å². The molecule has 0 saturated heterocycles. The molecule has 18 heavy (non-hydrogen) atoms. The van der Waals surface area contributed by atoms with E-state index in [0.29, 0.717) is 5.88 Å². The lowest BCUT2D eigenvalue weighted by molar-refractivity contribution is 0.0694. The Morgan fingerprint density at radius 3 is 2.50 bits per heavy atom. The molecule has 1 aromatic heterocycles. The molecule has 1 aromatic carbocycles. The molecule has 6 heteroatoms. The number of nitrogens with zero attached hydrogens (tertiary/aromatic N) is 1. The number of carbonyl (C=O) groups is 1. The van der Waals surface area contributed by atoms with Gasteiger partial charge in [-0.3, -0.25) is 0 Å². The van der Waals surface area contributed by atoms with Crippen LogP contribution in [0.5, 0.6) is 11.6 Å². The Kier molecular flexibility index (Phi) is 3.98. The third kappa shape index (κ3) is 3.08. The number of halogens is 2. The van der Waals surface area contributed by atoms with Crippen molar-refractivity contribution in [2.45, 2.75) is 0 Å². The highest BCUT2D eigenvalue weighted by atomic mass is 79.9. The zero-order chi connectivity index (χ0) is 13.1. The topological polar surface area (TPSA) is 59.4 Å². The zero-order valence-electron chi connectivity index (χ0n) is 8.93. The molecule has 1 heterocycles. The lowest BCUT2D eigenvalue weighted by Gasteiger charge is -2.08. The van der Waals surface area contributed by atoms with E-state index in [0.717, 1.165) is 8.95 Å². The van der Waals surface area contributed by atoms with Gasteiger partial charge in [-0.1, -0.05) is 15.9 Å². The van der Waals surface area contributed by atoms with Crippen LogP contribution in [0.15, 0.2) is 45.5 Å². The number of rotatable bonds is 3. The standard InChI is InChI=1S/C12H7Br2NO3/c13-7-1-3-9(12(16)17)10(5-7)18-11-4-2-8(14)6-15-11/h1-6H,(H,16,17). The lowest BCUT2D eigenvalue weighted by Crippen LogP contribution is -2.00. The van der Waals surface area contributed by atoms with E-state index >= 15 is 0 Å². The van der Waals surface area contributed by atoms with Gasteiger partial charge in [0.1, 0.15) is 11.3 Å². The molecule has 0 saturated carbocycles. The van der Waals surface area contributed by atoms with Crippen LogP contribution in [0.25, 0.3) is 0 Å². The second-order valence-electron chi connectivity index (χ2n) is 3.36. The van der Waals surface area contributed by atoms with Gasteiger partial charge >= 0.3 is 5.97 Å². The van der Waals surface area contributed by atoms with Crippen LogP contribution in [0.1, 0.15) is 10.4 Å². The van der Waals surface area contributed by atoms with Crippen molar-refractivity contribution in [3.8, 4) is 11.6 Å². The largest absolute Gasteiger partial charge is 0.478 e. The van der Waals surface area contributed by atoms with E-state index in [1.54, 1.807) is 30.5 Å². The van der Waals surface area contributed by atoms with Crippen LogP contribution in [-0.2, 0) is 0 Å². The van der Waals surface area contributed by atoms with Crippen molar-refractivity contribution in [1.29, 1.82) is 0 Å². The number of carboxylic acid groups (broad SMARTS) is 1. The van der Waals surface area contributed by atoms with Crippen LogP contribution in [0.3, 0.4) is 0 Å². The molecule has 0 aliphatic carbocycles. The van der Waals surface area contributed by atoms with Crippen LogP contribution in [-0.4, -0.2) is 16.1 Å². The Labute approximate surface area is 120 Å². The van der Waals surface area contributed by atoms with E-state index in [1.807, 2.05) is 0 Å². The molecule has 0 unspecified atom stereocenters. The zero-order valence-corrected chi connectivity index (χ0v) is 12.1. The average molecular weight is 373 g/mol. The van der Waals surface area contributed by atoms with Crippen molar-refractivity contribution in [3.05, 3.63) is 51.0 Å². The smallest absolute Gasteiger partial charge is 0.339 e. The number of benzene rings is 1. The first-order valence-electron chi connectivity index (χ1n) is 4.88. The van der Waals surface area contributed by atoms with Crippen molar-refractivity contribution in [2.24, 2.45) is 0 Å². The molecule has 0 spiro atoms. The molecule has 2 rings (SSSR count). The molecule has 2 aromatic rings. The van der Waals surface area contributed by atoms with Gasteiger partial charge in [-0.25, -0.2) is 9.78 Å². The molecule has 0 radical (unpaired) electrons. The Morgan fingerprint density at radius 2 is 1.89 bits per heavy atom. The molecule has 0 atom stereocenters. The van der Waals surface area contributed by atoms with E-state index in [1.165, 1.54) is 6.07 Å². The van der Waals surface area contributed by atoms with Gasteiger partial charge in [-0.05, 0) is 40.2 Å². The van der Waals surface area contributed by atoms with E-state index < -0.39 is 5.97 Å². The summed E-state index contributed by atoms with van der Waals surface area (Å²) in [6.07, 6.45) is 1.58. The Bertz CT molecular complexity index is 584. The predicted molar refractivity (Wildman–Crippen MR) is 73.1 cm³/mol. The molecule has 1 N–H and O–H groups in total. The maximum Gasteiger partial charge on any atom is 0.339 e. The summed E-state index contributed by atoms with van der Waals surface area (Å²) in [5.41, 5.74) is 0.0860. The summed E-state index contributed by atoms with van der Waals surface area (Å²) in [4.78, 5) is 15.1. The molecule has 0 fully saturated rings. The fourth-order valence-electron chi connectivity index (χ4n) is 1.29. The first kappa shape index (κ1) is 13.0. The van der Waals surface area contributed by atoms with Crippen LogP contribution in [0.4, 0.5) is 0 Å². The SMILES string of the molecule is O=C(O)c1ccc(Br)cc1Oc1ccc(Br)cn1. The van der Waals surface area contributed by atoms with Crippen molar-refractivity contribution < 1.29 is 14.6 Å². The van der Waals surface area contributed by atoms with Crippen molar-refractivity contribution in [1.82, 2.24) is 4.98 Å². The second kappa shape index (κ2) is 5.49. The number of pyridine rings is 1. The molecule has 0 aliphatic heterocycles. The highest BCUT2D eigenvalue weighted by Crippen LogP contribution is 2.28. The van der Waals surface area contributed by atoms with Crippen LogP contribution < -0.4 is 4.74 Å². The van der Waals surface area contributed by atoms with Gasteiger partial charge in [0, 0.05) is 21.2 Å². The first-order valence-corrected chi connectivity index (χ1v) is 6.47. The van der Waals surface area contributed by atoms with Gasteiger partial charge in [-0.2, -0.15) is 0 Å². The fourth-order valence-corrected chi connectivity index (χ4v) is 1.87. The van der Waals surface area contributed by atoms with Gasteiger partial charge in [0.15, 0.2) is 0 Å². The number of hydrogen-bond acceptors (Lipinski definition) is 3. The van der Waals surface area contributed by atoms with Gasteiger partial charge in [0.2, 0.25) is 5.88 Å². The third-order valence-electron chi connectivity index (χ3n) is 2.09. The number of aromatic nitrogens is 1. The van der Waals surface area contributed by atoms with E-state index in [-0.39, 0.29) is 11.3 Å². The third-order valence-corrected chi connectivity index (χ3v) is 3.05. The van der Waals surface area contributed by atoms with E-state index in [9.17, 15) is 4.79 Å². The Balaban J connectivity index is 2.35. The van der Waals surface area contributed by atoms with Crippen LogP contribution in [0, 0.1) is 0 Å².